The van der Waals surface area contributed by atoms with Crippen molar-refractivity contribution in [2.45, 2.75) is 24.7 Å². The Labute approximate surface area is 122 Å². The second-order valence-electron chi connectivity index (χ2n) is 5.74. The molecule has 112 valence electrons. The van der Waals surface area contributed by atoms with Crippen LogP contribution in [-0.4, -0.2) is 45.8 Å². The lowest BCUT2D eigenvalue weighted by Crippen LogP contribution is -2.37. The number of nitrogens with one attached hydrogen (secondary N) is 1. The summed E-state index contributed by atoms with van der Waals surface area (Å²) in [4.78, 5) is 2.83. The molecule has 1 atom stereocenters. The molecule has 20 heavy (non-hydrogen) atoms. The molecule has 0 amide bonds. The molecule has 1 saturated heterocycles. The van der Waals surface area contributed by atoms with E-state index in [1.807, 2.05) is 12.1 Å². The standard InChI is InChI=1S/C15H24N2O2S/c1-13-6-5-10-17(12-13)11-9-16-14-7-3-4-8-15(14)20(2,18)19/h3-4,7-8,13,16H,5-6,9-12H2,1-2H3. The smallest absolute Gasteiger partial charge is 0.177 e. The molecule has 0 aliphatic carbocycles. The third-order valence-corrected chi connectivity index (χ3v) is 4.93. The third-order valence-electron chi connectivity index (χ3n) is 3.77. The SMILES string of the molecule is CC1CCCN(CCNc2ccccc2S(C)(=O)=O)C1. The highest BCUT2D eigenvalue weighted by Gasteiger charge is 2.16. The monoisotopic (exact) mass is 296 g/mol. The summed E-state index contributed by atoms with van der Waals surface area (Å²) in [6, 6.07) is 7.10. The van der Waals surface area contributed by atoms with Gasteiger partial charge >= 0.3 is 0 Å². The maximum Gasteiger partial charge on any atom is 0.177 e. The zero-order valence-electron chi connectivity index (χ0n) is 12.3. The van der Waals surface area contributed by atoms with Crippen LogP contribution in [0.3, 0.4) is 0 Å². The largest absolute Gasteiger partial charge is 0.383 e. The van der Waals surface area contributed by atoms with Gasteiger partial charge in [-0.25, -0.2) is 8.42 Å². The molecule has 1 heterocycles. The Morgan fingerprint density at radius 1 is 1.35 bits per heavy atom. The molecule has 1 fully saturated rings. The Morgan fingerprint density at radius 2 is 2.10 bits per heavy atom. The molecule has 0 aromatic heterocycles. The number of anilines is 1. The first kappa shape index (κ1) is 15.3. The van der Waals surface area contributed by atoms with E-state index in [0.717, 1.165) is 32.1 Å². The van der Waals surface area contributed by atoms with Crippen molar-refractivity contribution in [3.05, 3.63) is 24.3 Å². The van der Waals surface area contributed by atoms with Gasteiger partial charge in [-0.05, 0) is 37.4 Å². The van der Waals surface area contributed by atoms with E-state index in [1.165, 1.54) is 19.1 Å². The fraction of sp³-hybridized carbons (Fsp3) is 0.600. The van der Waals surface area contributed by atoms with Crippen LogP contribution in [0.5, 0.6) is 0 Å². The molecule has 1 N–H and O–H groups in total. The lowest BCUT2D eigenvalue weighted by molar-refractivity contribution is 0.190. The van der Waals surface area contributed by atoms with Gasteiger partial charge in [0.1, 0.15) is 0 Å². The summed E-state index contributed by atoms with van der Waals surface area (Å²) in [6.07, 6.45) is 3.84. The van der Waals surface area contributed by atoms with Crippen molar-refractivity contribution in [3.63, 3.8) is 0 Å². The highest BCUT2D eigenvalue weighted by molar-refractivity contribution is 7.90. The predicted octanol–water partition coefficient (Wildman–Crippen LogP) is 2.23. The van der Waals surface area contributed by atoms with Crippen molar-refractivity contribution < 1.29 is 8.42 Å². The fourth-order valence-corrected chi connectivity index (χ4v) is 3.64. The van der Waals surface area contributed by atoms with Crippen LogP contribution < -0.4 is 5.32 Å². The molecule has 1 aliphatic rings. The number of sulfone groups is 1. The highest BCUT2D eigenvalue weighted by atomic mass is 32.2. The van der Waals surface area contributed by atoms with Crippen LogP contribution in [0.1, 0.15) is 19.8 Å². The maximum atomic E-state index is 11.7. The molecule has 0 spiro atoms. The summed E-state index contributed by atoms with van der Waals surface area (Å²) in [5.74, 6) is 0.770. The summed E-state index contributed by atoms with van der Waals surface area (Å²) in [6.45, 7) is 6.33. The van der Waals surface area contributed by atoms with Crippen molar-refractivity contribution in [1.82, 2.24) is 4.90 Å². The summed E-state index contributed by atoms with van der Waals surface area (Å²) in [5, 5.41) is 3.26. The quantitative estimate of drug-likeness (QED) is 0.905. The number of benzene rings is 1. The first-order valence-electron chi connectivity index (χ1n) is 7.22. The number of rotatable bonds is 5. The van der Waals surface area contributed by atoms with Crippen molar-refractivity contribution in [2.24, 2.45) is 5.92 Å². The van der Waals surface area contributed by atoms with E-state index in [9.17, 15) is 8.42 Å². The molecule has 5 heteroatoms. The van der Waals surface area contributed by atoms with Crippen molar-refractivity contribution >= 4 is 15.5 Å². The van der Waals surface area contributed by atoms with E-state index >= 15 is 0 Å². The van der Waals surface area contributed by atoms with Crippen LogP contribution in [0.2, 0.25) is 0 Å². The van der Waals surface area contributed by atoms with Crippen LogP contribution >= 0.6 is 0 Å². The van der Waals surface area contributed by atoms with Gasteiger partial charge in [0.2, 0.25) is 0 Å². The van der Waals surface area contributed by atoms with E-state index in [2.05, 4.69) is 17.1 Å². The van der Waals surface area contributed by atoms with E-state index in [1.54, 1.807) is 12.1 Å². The first-order chi connectivity index (χ1) is 9.47. The van der Waals surface area contributed by atoms with Crippen LogP contribution in [-0.2, 0) is 9.84 Å². The van der Waals surface area contributed by atoms with Gasteiger partial charge in [0, 0.05) is 25.9 Å². The molecule has 0 radical (unpaired) electrons. The Bertz CT molecular complexity index is 543. The van der Waals surface area contributed by atoms with Crippen LogP contribution in [0.25, 0.3) is 0 Å². The Hall–Kier alpha value is -1.07. The van der Waals surface area contributed by atoms with Gasteiger partial charge in [0.25, 0.3) is 0 Å². The number of hydrogen-bond acceptors (Lipinski definition) is 4. The minimum absolute atomic E-state index is 0.381. The van der Waals surface area contributed by atoms with Crippen molar-refractivity contribution in [1.29, 1.82) is 0 Å². The lowest BCUT2D eigenvalue weighted by Gasteiger charge is -2.30. The minimum Gasteiger partial charge on any atom is -0.383 e. The van der Waals surface area contributed by atoms with Gasteiger partial charge in [-0.3, -0.25) is 0 Å². The van der Waals surface area contributed by atoms with E-state index in [-0.39, 0.29) is 0 Å². The van der Waals surface area contributed by atoms with Gasteiger partial charge in [-0.2, -0.15) is 0 Å². The second kappa shape index (κ2) is 6.59. The van der Waals surface area contributed by atoms with Gasteiger partial charge in [0.15, 0.2) is 9.84 Å². The predicted molar refractivity (Wildman–Crippen MR) is 82.9 cm³/mol. The first-order valence-corrected chi connectivity index (χ1v) is 9.11. The lowest BCUT2D eigenvalue weighted by atomic mass is 10.0. The van der Waals surface area contributed by atoms with E-state index < -0.39 is 9.84 Å². The Kier molecular flexibility index (Phi) is 5.05. The minimum atomic E-state index is -3.17. The summed E-state index contributed by atoms with van der Waals surface area (Å²) in [7, 11) is -3.17. The van der Waals surface area contributed by atoms with Crippen LogP contribution in [0, 0.1) is 5.92 Å². The van der Waals surface area contributed by atoms with Gasteiger partial charge in [0.05, 0.1) is 10.6 Å². The molecule has 1 aliphatic heterocycles. The van der Waals surface area contributed by atoms with Crippen LogP contribution in [0.15, 0.2) is 29.2 Å². The number of para-hydroxylation sites is 1. The molecular weight excluding hydrogens is 272 g/mol. The second-order valence-corrected chi connectivity index (χ2v) is 7.73. The zero-order chi connectivity index (χ0) is 14.6. The Morgan fingerprint density at radius 3 is 2.80 bits per heavy atom. The highest BCUT2D eigenvalue weighted by Crippen LogP contribution is 2.20. The maximum absolute atomic E-state index is 11.7. The Balaban J connectivity index is 1.91. The van der Waals surface area contributed by atoms with E-state index in [4.69, 9.17) is 0 Å². The zero-order valence-corrected chi connectivity index (χ0v) is 13.1. The number of hydrogen-bond donors (Lipinski definition) is 1. The molecule has 1 aromatic rings. The van der Waals surface area contributed by atoms with Crippen molar-refractivity contribution in [2.75, 3.05) is 37.8 Å². The summed E-state index contributed by atoms with van der Waals surface area (Å²) >= 11 is 0. The summed E-state index contributed by atoms with van der Waals surface area (Å²) < 4.78 is 23.4. The third kappa shape index (κ3) is 4.21. The molecule has 0 bridgehead atoms. The number of nitrogens with zero attached hydrogens (tertiary/aromatic N) is 1. The molecule has 1 unspecified atom stereocenters. The number of likely N-dealkylation sites (tertiary alicyclic amines) is 1. The molecule has 2 rings (SSSR count). The number of piperidine rings is 1. The van der Waals surface area contributed by atoms with Crippen LogP contribution in [0.4, 0.5) is 5.69 Å². The molecule has 0 saturated carbocycles. The topological polar surface area (TPSA) is 49.4 Å². The van der Waals surface area contributed by atoms with E-state index in [0.29, 0.717) is 10.6 Å². The fourth-order valence-electron chi connectivity index (χ4n) is 2.77. The average molecular weight is 296 g/mol. The van der Waals surface area contributed by atoms with Gasteiger partial charge < -0.3 is 10.2 Å². The molecule has 4 nitrogen and oxygen atoms in total. The van der Waals surface area contributed by atoms with Gasteiger partial charge in [-0.1, -0.05) is 19.1 Å². The molecular formula is C15H24N2O2S. The summed E-state index contributed by atoms with van der Waals surface area (Å²) in [5.41, 5.74) is 0.708. The molecule has 1 aromatic carbocycles. The average Bonchev–Trinajstić information content (AvgIpc) is 2.38. The van der Waals surface area contributed by atoms with Gasteiger partial charge in [-0.15, -0.1) is 0 Å². The normalized spacial score (nSPS) is 20.8. The van der Waals surface area contributed by atoms with Crippen molar-refractivity contribution in [3.8, 4) is 0 Å².